The molecular weight excluding hydrogens is 272 g/mol. The molecule has 1 heterocycles. The third-order valence-electron chi connectivity index (χ3n) is 4.52. The van der Waals surface area contributed by atoms with E-state index in [-0.39, 0.29) is 11.4 Å². The Bertz CT molecular complexity index is 680. The molecule has 4 heteroatoms. The van der Waals surface area contributed by atoms with Crippen LogP contribution < -0.4 is 5.56 Å². The number of benzene rings is 1. The van der Waals surface area contributed by atoms with Crippen molar-refractivity contribution in [2.75, 3.05) is 0 Å². The van der Waals surface area contributed by atoms with Crippen molar-refractivity contribution in [3.63, 3.8) is 0 Å². The molecule has 3 nitrogen and oxygen atoms in total. The van der Waals surface area contributed by atoms with Crippen LogP contribution in [-0.4, -0.2) is 9.55 Å². The zero-order valence-electron chi connectivity index (χ0n) is 11.7. The van der Waals surface area contributed by atoms with E-state index in [1.54, 1.807) is 4.57 Å². The lowest BCUT2D eigenvalue weighted by molar-refractivity contribution is 0.354. The molecule has 2 aromatic rings. The summed E-state index contributed by atoms with van der Waals surface area (Å²) in [5.41, 5.74) is 0.786. The Morgan fingerprint density at radius 3 is 2.85 bits per heavy atom. The van der Waals surface area contributed by atoms with Crippen molar-refractivity contribution in [2.24, 2.45) is 11.8 Å². The molecule has 0 saturated heterocycles. The van der Waals surface area contributed by atoms with Crippen LogP contribution in [0, 0.1) is 11.8 Å². The average molecular weight is 291 g/mol. The lowest BCUT2D eigenvalue weighted by Crippen LogP contribution is -2.29. The van der Waals surface area contributed by atoms with Crippen molar-refractivity contribution in [3.05, 3.63) is 40.4 Å². The van der Waals surface area contributed by atoms with Gasteiger partial charge in [0.2, 0.25) is 0 Å². The van der Waals surface area contributed by atoms with E-state index in [1.165, 1.54) is 19.3 Å². The number of hydrogen-bond donors (Lipinski definition) is 0. The van der Waals surface area contributed by atoms with E-state index in [1.807, 2.05) is 24.3 Å². The Balaban J connectivity index is 2.08. The fourth-order valence-corrected chi connectivity index (χ4v) is 3.44. The molecule has 1 aliphatic rings. The molecule has 0 radical (unpaired) electrons. The van der Waals surface area contributed by atoms with Gasteiger partial charge in [-0.05, 0) is 30.4 Å². The molecule has 1 aromatic carbocycles. The minimum absolute atomic E-state index is 0.0466. The number of nitrogens with zero attached hydrogens (tertiary/aromatic N) is 2. The van der Waals surface area contributed by atoms with Crippen LogP contribution in [-0.2, 0) is 12.4 Å². The van der Waals surface area contributed by atoms with Crippen molar-refractivity contribution in [1.29, 1.82) is 0 Å². The maximum Gasteiger partial charge on any atom is 0.261 e. The van der Waals surface area contributed by atoms with Gasteiger partial charge in [-0.25, -0.2) is 4.98 Å². The lowest BCUT2D eigenvalue weighted by atomic mass is 9.98. The number of halogens is 1. The van der Waals surface area contributed by atoms with Crippen molar-refractivity contribution in [1.82, 2.24) is 9.55 Å². The normalized spacial score (nSPS) is 22.5. The summed E-state index contributed by atoms with van der Waals surface area (Å²) in [4.78, 5) is 17.2. The quantitative estimate of drug-likeness (QED) is 0.810. The highest BCUT2D eigenvalue weighted by atomic mass is 35.5. The third-order valence-corrected chi connectivity index (χ3v) is 4.76. The van der Waals surface area contributed by atoms with Crippen molar-refractivity contribution < 1.29 is 0 Å². The highest BCUT2D eigenvalue weighted by Gasteiger charge is 2.25. The predicted molar refractivity (Wildman–Crippen MR) is 82.1 cm³/mol. The summed E-state index contributed by atoms with van der Waals surface area (Å²) >= 11 is 6.00. The van der Waals surface area contributed by atoms with Gasteiger partial charge in [0.1, 0.15) is 5.82 Å². The Hall–Kier alpha value is -1.35. The molecule has 0 spiro atoms. The topological polar surface area (TPSA) is 34.9 Å². The van der Waals surface area contributed by atoms with Gasteiger partial charge in [0.05, 0.1) is 16.8 Å². The number of aromatic nitrogens is 2. The first-order valence-electron chi connectivity index (χ1n) is 7.25. The largest absolute Gasteiger partial charge is 0.295 e. The van der Waals surface area contributed by atoms with Gasteiger partial charge in [-0.1, -0.05) is 31.9 Å². The molecule has 0 amide bonds. The van der Waals surface area contributed by atoms with E-state index < -0.39 is 0 Å². The summed E-state index contributed by atoms with van der Waals surface area (Å²) in [6.45, 7) is 3.03. The van der Waals surface area contributed by atoms with Crippen molar-refractivity contribution in [3.8, 4) is 0 Å². The molecule has 1 aromatic heterocycles. The van der Waals surface area contributed by atoms with Crippen LogP contribution in [0.5, 0.6) is 0 Å². The second kappa shape index (κ2) is 5.57. The van der Waals surface area contributed by atoms with Gasteiger partial charge in [0.25, 0.3) is 5.56 Å². The Morgan fingerprint density at radius 1 is 1.35 bits per heavy atom. The number of fused-ring (bicyclic) bond motifs is 1. The fourth-order valence-electron chi connectivity index (χ4n) is 3.23. The van der Waals surface area contributed by atoms with Gasteiger partial charge in [0.15, 0.2) is 0 Å². The summed E-state index contributed by atoms with van der Waals surface area (Å²) in [5, 5.41) is 0.687. The Labute approximate surface area is 123 Å². The molecular formula is C16H19ClN2O. The summed E-state index contributed by atoms with van der Waals surface area (Å²) in [5.74, 6) is 2.21. The number of hydrogen-bond acceptors (Lipinski definition) is 2. The maximum absolute atomic E-state index is 12.7. The molecule has 1 aliphatic carbocycles. The summed E-state index contributed by atoms with van der Waals surface area (Å²) in [6, 6.07) is 7.50. The van der Waals surface area contributed by atoms with Crippen LogP contribution in [0.2, 0.25) is 0 Å². The van der Waals surface area contributed by atoms with E-state index in [0.29, 0.717) is 23.0 Å². The molecule has 2 unspecified atom stereocenters. The minimum atomic E-state index is 0.0466. The van der Waals surface area contributed by atoms with E-state index in [9.17, 15) is 4.79 Å². The predicted octanol–water partition coefficient (Wildman–Crippen LogP) is 3.57. The Kier molecular flexibility index (Phi) is 3.79. The number of alkyl halides is 1. The zero-order valence-corrected chi connectivity index (χ0v) is 12.4. The molecule has 2 atom stereocenters. The third kappa shape index (κ3) is 2.35. The summed E-state index contributed by atoms with van der Waals surface area (Å²) < 4.78 is 1.79. The second-order valence-corrected chi connectivity index (χ2v) is 6.03. The minimum Gasteiger partial charge on any atom is -0.295 e. The average Bonchev–Trinajstić information content (AvgIpc) is 2.87. The number of rotatable bonds is 3. The van der Waals surface area contributed by atoms with E-state index >= 15 is 0 Å². The molecule has 106 valence electrons. The SMILES string of the molecule is CC1CCCC1Cn1c(CCl)nc2ccccc2c1=O. The van der Waals surface area contributed by atoms with Crippen LogP contribution in [0.25, 0.3) is 10.9 Å². The highest BCUT2D eigenvalue weighted by Crippen LogP contribution is 2.32. The first-order chi connectivity index (χ1) is 9.70. The van der Waals surface area contributed by atoms with Gasteiger partial charge < -0.3 is 0 Å². The van der Waals surface area contributed by atoms with Gasteiger partial charge >= 0.3 is 0 Å². The Morgan fingerprint density at radius 2 is 2.15 bits per heavy atom. The van der Waals surface area contributed by atoms with E-state index in [2.05, 4.69) is 11.9 Å². The number of para-hydroxylation sites is 1. The molecule has 3 rings (SSSR count). The van der Waals surface area contributed by atoms with Crippen LogP contribution in [0.4, 0.5) is 0 Å². The van der Waals surface area contributed by atoms with Crippen LogP contribution in [0.1, 0.15) is 32.0 Å². The smallest absolute Gasteiger partial charge is 0.261 e. The highest BCUT2D eigenvalue weighted by molar-refractivity contribution is 6.16. The van der Waals surface area contributed by atoms with Crippen molar-refractivity contribution >= 4 is 22.5 Å². The fraction of sp³-hybridized carbons (Fsp3) is 0.500. The van der Waals surface area contributed by atoms with E-state index in [0.717, 1.165) is 12.1 Å². The van der Waals surface area contributed by atoms with Crippen molar-refractivity contribution in [2.45, 2.75) is 38.6 Å². The van der Waals surface area contributed by atoms with Crippen LogP contribution in [0.15, 0.2) is 29.1 Å². The first-order valence-corrected chi connectivity index (χ1v) is 7.78. The summed E-state index contributed by atoms with van der Waals surface area (Å²) in [7, 11) is 0. The molecule has 0 aliphatic heterocycles. The molecule has 1 saturated carbocycles. The molecule has 0 N–H and O–H groups in total. The molecule has 20 heavy (non-hydrogen) atoms. The van der Waals surface area contributed by atoms with Gasteiger partial charge in [-0.3, -0.25) is 9.36 Å². The van der Waals surface area contributed by atoms with E-state index in [4.69, 9.17) is 11.6 Å². The van der Waals surface area contributed by atoms with Gasteiger partial charge in [-0.2, -0.15) is 0 Å². The monoisotopic (exact) mass is 290 g/mol. The first kappa shape index (κ1) is 13.6. The zero-order chi connectivity index (χ0) is 14.1. The van der Waals surface area contributed by atoms with Crippen LogP contribution >= 0.6 is 11.6 Å². The maximum atomic E-state index is 12.7. The molecule has 1 fully saturated rings. The van der Waals surface area contributed by atoms with Crippen LogP contribution in [0.3, 0.4) is 0 Å². The standard InChI is InChI=1S/C16H19ClN2O/c1-11-5-4-6-12(11)10-19-15(9-17)18-14-8-3-2-7-13(14)16(19)20/h2-3,7-8,11-12H,4-6,9-10H2,1H3. The van der Waals surface area contributed by atoms with Gasteiger partial charge in [-0.15, -0.1) is 11.6 Å². The van der Waals surface area contributed by atoms with Gasteiger partial charge in [0, 0.05) is 6.54 Å². The summed E-state index contributed by atoms with van der Waals surface area (Å²) in [6.07, 6.45) is 3.72. The lowest BCUT2D eigenvalue weighted by Gasteiger charge is -2.19. The molecule has 0 bridgehead atoms. The second-order valence-electron chi connectivity index (χ2n) is 5.76.